The predicted octanol–water partition coefficient (Wildman–Crippen LogP) is 3.89. The molecule has 0 amide bonds. The summed E-state index contributed by atoms with van der Waals surface area (Å²) >= 11 is 3.49. The van der Waals surface area contributed by atoms with E-state index in [9.17, 15) is 8.78 Å². The molecule has 0 saturated carbocycles. The first-order chi connectivity index (χ1) is 6.97. The van der Waals surface area contributed by atoms with Crippen molar-refractivity contribution in [1.82, 2.24) is 0 Å². The number of benzene rings is 1. The van der Waals surface area contributed by atoms with E-state index < -0.39 is 11.6 Å². The molecule has 1 aromatic rings. The Morgan fingerprint density at radius 3 is 2.27 bits per heavy atom. The largest absolute Gasteiger partial charge is 0.227 e. The summed E-state index contributed by atoms with van der Waals surface area (Å²) < 4.78 is 28.4. The molecule has 0 N–H and O–H groups in total. The normalized spacial score (nSPS) is 10.3. The molecule has 0 spiro atoms. The molecule has 1 rings (SSSR count). The monoisotopic (exact) mass is 231 g/mol. The predicted molar refractivity (Wildman–Crippen MR) is 63.5 cm³/mol. The molecule has 0 bridgehead atoms. The van der Waals surface area contributed by atoms with Gasteiger partial charge in [0.25, 0.3) is 0 Å². The molecule has 1 nitrogen and oxygen atoms in total. The van der Waals surface area contributed by atoms with E-state index in [0.29, 0.717) is 0 Å². The van der Waals surface area contributed by atoms with Gasteiger partial charge in [-0.25, -0.2) is 13.2 Å². The fourth-order valence-electron chi connectivity index (χ4n) is 0.676. The number of hydrogen-bond donors (Lipinski definition) is 1. The Balaban J connectivity index is 0.000000423. The lowest BCUT2D eigenvalue weighted by Gasteiger charge is -1.93. The van der Waals surface area contributed by atoms with Crippen LogP contribution in [0.4, 0.5) is 8.78 Å². The standard InChI is InChI=1S/C7H5F2NS.C4H10/c8-6-1-2-7(9)5(3-6)4-10-11;1-4(2)3/h1-4,11H;4H,1-3H3/b10-4+;. The lowest BCUT2D eigenvalue weighted by Crippen LogP contribution is -1.88. The van der Waals surface area contributed by atoms with Gasteiger partial charge in [-0.2, -0.15) is 0 Å². The highest BCUT2D eigenvalue weighted by Gasteiger charge is 1.99. The van der Waals surface area contributed by atoms with Gasteiger partial charge in [-0.05, 0) is 36.9 Å². The van der Waals surface area contributed by atoms with Crippen LogP contribution in [0.5, 0.6) is 0 Å². The van der Waals surface area contributed by atoms with Crippen molar-refractivity contribution >= 4 is 19.0 Å². The van der Waals surface area contributed by atoms with Crippen molar-refractivity contribution < 1.29 is 8.78 Å². The Morgan fingerprint density at radius 2 is 1.80 bits per heavy atom. The van der Waals surface area contributed by atoms with Crippen LogP contribution in [0.3, 0.4) is 0 Å². The summed E-state index contributed by atoms with van der Waals surface area (Å²) in [6.07, 6.45) is 1.14. The Kier molecular flexibility index (Phi) is 6.96. The zero-order chi connectivity index (χ0) is 11.8. The maximum Gasteiger partial charge on any atom is 0.132 e. The minimum absolute atomic E-state index is 0.0972. The van der Waals surface area contributed by atoms with Gasteiger partial charge in [0.15, 0.2) is 0 Å². The molecule has 0 unspecified atom stereocenters. The Labute approximate surface area is 94.8 Å². The number of rotatable bonds is 1. The number of hydrogen-bond acceptors (Lipinski definition) is 2. The summed E-state index contributed by atoms with van der Waals surface area (Å²) in [5.41, 5.74) is 0.0972. The topological polar surface area (TPSA) is 12.4 Å². The van der Waals surface area contributed by atoms with Crippen molar-refractivity contribution in [3.05, 3.63) is 35.4 Å². The summed E-state index contributed by atoms with van der Waals surface area (Å²) in [5.74, 6) is -0.168. The molecular formula is C11H15F2NS. The fraction of sp³-hybridized carbons (Fsp3) is 0.364. The van der Waals surface area contributed by atoms with Gasteiger partial charge < -0.3 is 0 Å². The lowest BCUT2D eigenvalue weighted by molar-refractivity contribution is 0.598. The van der Waals surface area contributed by atoms with Crippen LogP contribution in [-0.2, 0) is 0 Å². The van der Waals surface area contributed by atoms with Gasteiger partial charge in [-0.3, -0.25) is 0 Å². The summed E-state index contributed by atoms with van der Waals surface area (Å²) in [5, 5.41) is 0. The van der Waals surface area contributed by atoms with Gasteiger partial charge >= 0.3 is 0 Å². The summed E-state index contributed by atoms with van der Waals surface area (Å²) in [4.78, 5) is 0. The van der Waals surface area contributed by atoms with Crippen molar-refractivity contribution in [2.24, 2.45) is 10.3 Å². The Bertz CT molecular complexity index is 322. The minimum atomic E-state index is -0.510. The molecule has 15 heavy (non-hydrogen) atoms. The van der Waals surface area contributed by atoms with E-state index in [1.807, 2.05) is 0 Å². The highest BCUT2D eigenvalue weighted by atomic mass is 32.1. The van der Waals surface area contributed by atoms with Gasteiger partial charge in [0.1, 0.15) is 11.6 Å². The first-order valence-electron chi connectivity index (χ1n) is 4.59. The first kappa shape index (κ1) is 14.1. The number of nitrogens with zero attached hydrogens (tertiary/aromatic N) is 1. The molecule has 84 valence electrons. The zero-order valence-corrected chi connectivity index (χ0v) is 9.93. The fourth-order valence-corrected chi connectivity index (χ4v) is 0.800. The van der Waals surface area contributed by atoms with Crippen molar-refractivity contribution in [3.63, 3.8) is 0 Å². The van der Waals surface area contributed by atoms with Gasteiger partial charge in [-0.1, -0.05) is 20.8 Å². The molecule has 1 aromatic carbocycles. The molecule has 0 fully saturated rings. The highest BCUT2D eigenvalue weighted by Crippen LogP contribution is 2.07. The second-order valence-electron chi connectivity index (χ2n) is 3.64. The molecule has 0 aromatic heterocycles. The highest BCUT2D eigenvalue weighted by molar-refractivity contribution is 7.79. The number of thiol groups is 1. The van der Waals surface area contributed by atoms with E-state index in [-0.39, 0.29) is 5.56 Å². The van der Waals surface area contributed by atoms with Crippen LogP contribution < -0.4 is 0 Å². The van der Waals surface area contributed by atoms with Gasteiger partial charge in [-0.15, -0.1) is 0 Å². The quantitative estimate of drug-likeness (QED) is 0.556. The molecule has 0 atom stereocenters. The summed E-state index contributed by atoms with van der Waals surface area (Å²) in [7, 11) is 0. The van der Waals surface area contributed by atoms with Crippen molar-refractivity contribution in [1.29, 1.82) is 0 Å². The van der Waals surface area contributed by atoms with Crippen LogP contribution in [0.1, 0.15) is 26.3 Å². The maximum atomic E-state index is 12.7. The third kappa shape index (κ3) is 7.08. The van der Waals surface area contributed by atoms with E-state index in [2.05, 4.69) is 38.0 Å². The van der Waals surface area contributed by atoms with E-state index >= 15 is 0 Å². The average Bonchev–Trinajstić information content (AvgIpc) is 2.11. The first-order valence-corrected chi connectivity index (χ1v) is 4.99. The Morgan fingerprint density at radius 1 is 1.27 bits per heavy atom. The van der Waals surface area contributed by atoms with Crippen molar-refractivity contribution in [3.8, 4) is 0 Å². The second kappa shape index (κ2) is 7.40. The van der Waals surface area contributed by atoms with Gasteiger partial charge in [0.05, 0.1) is 0 Å². The van der Waals surface area contributed by atoms with E-state index in [0.717, 1.165) is 30.3 Å². The molecule has 4 heteroatoms. The lowest BCUT2D eigenvalue weighted by atomic mass is 10.2. The zero-order valence-electron chi connectivity index (χ0n) is 9.04. The van der Waals surface area contributed by atoms with E-state index in [1.165, 1.54) is 0 Å². The molecule has 0 aliphatic carbocycles. The molecule has 0 heterocycles. The van der Waals surface area contributed by atoms with Crippen LogP contribution in [0, 0.1) is 17.6 Å². The summed E-state index contributed by atoms with van der Waals surface area (Å²) in [6, 6.07) is 3.14. The molecular weight excluding hydrogens is 216 g/mol. The molecule has 0 aliphatic heterocycles. The van der Waals surface area contributed by atoms with Crippen LogP contribution in [0.15, 0.2) is 22.6 Å². The smallest absolute Gasteiger partial charge is 0.132 e. The van der Waals surface area contributed by atoms with E-state index in [4.69, 9.17) is 0 Å². The molecule has 0 saturated heterocycles. The second-order valence-corrected chi connectivity index (χ2v) is 3.87. The van der Waals surface area contributed by atoms with E-state index in [1.54, 1.807) is 0 Å². The summed E-state index contributed by atoms with van der Waals surface area (Å²) in [6.45, 7) is 6.50. The van der Waals surface area contributed by atoms with Crippen molar-refractivity contribution in [2.75, 3.05) is 0 Å². The third-order valence-electron chi connectivity index (χ3n) is 1.15. The SMILES string of the molecule is CC(C)C.Fc1ccc(F)c(/C=N/S)c1. The van der Waals surface area contributed by atoms with Gasteiger partial charge in [0, 0.05) is 11.8 Å². The van der Waals surface area contributed by atoms with Crippen molar-refractivity contribution in [2.45, 2.75) is 20.8 Å². The van der Waals surface area contributed by atoms with Crippen LogP contribution in [-0.4, -0.2) is 6.21 Å². The molecule has 0 radical (unpaired) electrons. The van der Waals surface area contributed by atoms with Crippen LogP contribution in [0.25, 0.3) is 0 Å². The average molecular weight is 231 g/mol. The Hall–Kier alpha value is -0.900. The number of halogens is 2. The molecule has 0 aliphatic rings. The van der Waals surface area contributed by atoms with Gasteiger partial charge in [0.2, 0.25) is 0 Å². The van der Waals surface area contributed by atoms with Crippen LogP contribution >= 0.6 is 12.8 Å². The maximum absolute atomic E-state index is 12.7. The van der Waals surface area contributed by atoms with Crippen LogP contribution in [0.2, 0.25) is 0 Å². The minimum Gasteiger partial charge on any atom is -0.227 e. The third-order valence-corrected chi connectivity index (χ3v) is 1.27.